The molecule has 1 amide bonds. The quantitative estimate of drug-likeness (QED) is 0.812. The maximum atomic E-state index is 13.6. The lowest BCUT2D eigenvalue weighted by Gasteiger charge is -2.37. The van der Waals surface area contributed by atoms with E-state index < -0.39 is 11.8 Å². The molecule has 4 rings (SSSR count). The molecule has 1 N–H and O–H groups in total. The van der Waals surface area contributed by atoms with Crippen LogP contribution in [-0.4, -0.2) is 22.4 Å². The number of nitrogens with zero attached hydrogens (tertiary/aromatic N) is 2. The van der Waals surface area contributed by atoms with Crippen LogP contribution in [0.2, 0.25) is 0 Å². The van der Waals surface area contributed by atoms with Gasteiger partial charge >= 0.3 is 0 Å². The number of halogens is 1. The largest absolute Gasteiger partial charge is 0.307 e. The summed E-state index contributed by atoms with van der Waals surface area (Å²) in [6.07, 6.45) is 2.85. The van der Waals surface area contributed by atoms with Crippen LogP contribution < -0.4 is 5.32 Å². The fourth-order valence-electron chi connectivity index (χ4n) is 4.43. The van der Waals surface area contributed by atoms with Crippen LogP contribution in [0.5, 0.6) is 0 Å². The molecule has 0 bridgehead atoms. The number of aryl methyl sites for hydroxylation is 1. The Bertz CT molecular complexity index is 1050. The van der Waals surface area contributed by atoms with E-state index in [2.05, 4.69) is 15.3 Å². The van der Waals surface area contributed by atoms with Gasteiger partial charge in [0.1, 0.15) is 17.4 Å². The summed E-state index contributed by atoms with van der Waals surface area (Å²) in [5.74, 6) is -0.961. The van der Waals surface area contributed by atoms with E-state index in [-0.39, 0.29) is 23.4 Å². The minimum absolute atomic E-state index is 0.0769. The monoisotopic (exact) mass is 405 g/mol. The van der Waals surface area contributed by atoms with Crippen LogP contribution in [0.1, 0.15) is 43.7 Å². The maximum Gasteiger partial charge on any atom is 0.255 e. The van der Waals surface area contributed by atoms with E-state index in [9.17, 15) is 14.0 Å². The van der Waals surface area contributed by atoms with Gasteiger partial charge in [0.15, 0.2) is 0 Å². The van der Waals surface area contributed by atoms with E-state index in [1.54, 1.807) is 31.3 Å². The number of rotatable bonds is 3. The third-order valence-electron chi connectivity index (χ3n) is 5.79. The normalized spacial score (nSPS) is 23.7. The van der Waals surface area contributed by atoms with E-state index in [4.69, 9.17) is 0 Å². The van der Waals surface area contributed by atoms with Crippen LogP contribution >= 0.6 is 0 Å². The number of allylic oxidation sites excluding steroid dienone is 1. The summed E-state index contributed by atoms with van der Waals surface area (Å²) in [4.78, 5) is 35.3. The lowest BCUT2D eigenvalue weighted by atomic mass is 9.67. The number of hydrogen-bond acceptors (Lipinski definition) is 4. The third-order valence-corrected chi connectivity index (χ3v) is 5.79. The first-order chi connectivity index (χ1) is 14.3. The van der Waals surface area contributed by atoms with Gasteiger partial charge in [-0.05, 0) is 55.5 Å². The zero-order valence-corrected chi connectivity index (χ0v) is 17.3. The Morgan fingerprint density at radius 1 is 1.07 bits per heavy atom. The van der Waals surface area contributed by atoms with Crippen LogP contribution in [0.3, 0.4) is 0 Å². The van der Waals surface area contributed by atoms with Gasteiger partial charge in [0.25, 0.3) is 5.91 Å². The van der Waals surface area contributed by atoms with Crippen LogP contribution in [0.15, 0.2) is 58.9 Å². The van der Waals surface area contributed by atoms with Gasteiger partial charge in [0.05, 0.1) is 5.92 Å². The number of aliphatic imine (C=N–C) groups is 1. The van der Waals surface area contributed by atoms with Crippen molar-refractivity contribution in [3.8, 4) is 0 Å². The summed E-state index contributed by atoms with van der Waals surface area (Å²) in [5, 5.41) is 2.84. The van der Waals surface area contributed by atoms with E-state index in [0.717, 1.165) is 23.3 Å². The lowest BCUT2D eigenvalue weighted by Crippen LogP contribution is -2.41. The lowest BCUT2D eigenvalue weighted by molar-refractivity contribution is -0.123. The van der Waals surface area contributed by atoms with E-state index >= 15 is 0 Å². The number of pyridine rings is 1. The number of hydrogen-bond donors (Lipinski definition) is 1. The second kappa shape index (κ2) is 7.94. The number of carbonyl (C=O) groups is 2. The molecule has 30 heavy (non-hydrogen) atoms. The highest BCUT2D eigenvalue weighted by Gasteiger charge is 2.44. The summed E-state index contributed by atoms with van der Waals surface area (Å²) in [6, 6.07) is 9.63. The van der Waals surface area contributed by atoms with Gasteiger partial charge in [0.2, 0.25) is 0 Å². The highest BCUT2D eigenvalue weighted by molar-refractivity contribution is 6.14. The van der Waals surface area contributed by atoms with Gasteiger partial charge < -0.3 is 5.32 Å². The molecule has 0 saturated heterocycles. The van der Waals surface area contributed by atoms with Crippen molar-refractivity contribution in [2.45, 2.75) is 39.5 Å². The first kappa shape index (κ1) is 20.1. The van der Waals surface area contributed by atoms with Crippen LogP contribution in [-0.2, 0) is 9.59 Å². The first-order valence-electron chi connectivity index (χ1n) is 10.1. The summed E-state index contributed by atoms with van der Waals surface area (Å²) < 4.78 is 13.6. The van der Waals surface area contributed by atoms with E-state index in [1.807, 2.05) is 19.9 Å². The summed E-state index contributed by atoms with van der Waals surface area (Å²) >= 11 is 0. The smallest absolute Gasteiger partial charge is 0.255 e. The molecule has 2 aromatic rings. The van der Waals surface area contributed by atoms with Gasteiger partial charge in [-0.25, -0.2) is 9.37 Å². The molecule has 1 aliphatic heterocycles. The molecule has 1 aliphatic carbocycles. The molecule has 0 spiro atoms. The standard InChI is InChI=1S/C24H24FN3O2/c1-13-4-9-20(26-12-13)28-24(30)21-15(3)27-18-10-14(2)11-19(29)23(18)22(21)16-5-7-17(25)8-6-16/h4-9,12,14,22-23H,10-11H2,1-3H3,(H,26,28,30)/t14-,22-,23+/m0/s1. The molecule has 3 atom stereocenters. The Kier molecular flexibility index (Phi) is 5.33. The van der Waals surface area contributed by atoms with E-state index in [0.29, 0.717) is 23.5 Å². The highest BCUT2D eigenvalue weighted by atomic mass is 19.1. The fraction of sp³-hybridized carbons (Fsp3) is 0.333. The number of benzene rings is 1. The van der Waals surface area contributed by atoms with Gasteiger partial charge in [-0.1, -0.05) is 25.1 Å². The van der Waals surface area contributed by atoms with Gasteiger partial charge in [0, 0.05) is 35.5 Å². The van der Waals surface area contributed by atoms with E-state index in [1.165, 1.54) is 12.1 Å². The minimum atomic E-state index is -0.498. The zero-order chi connectivity index (χ0) is 21.4. The fourth-order valence-corrected chi connectivity index (χ4v) is 4.43. The van der Waals surface area contributed by atoms with Crippen molar-refractivity contribution >= 4 is 23.2 Å². The summed E-state index contributed by atoms with van der Waals surface area (Å²) in [7, 11) is 0. The molecule has 2 aliphatic rings. The van der Waals surface area contributed by atoms with Crippen molar-refractivity contribution in [2.24, 2.45) is 16.8 Å². The SMILES string of the molecule is CC1=C(C(=O)Nc2ccc(C)cn2)[C@H](c2ccc(F)cc2)[C@H]2C(=O)C[C@@H](C)CC2=N1. The molecule has 5 nitrogen and oxygen atoms in total. The van der Waals surface area contributed by atoms with Crippen molar-refractivity contribution in [3.05, 3.63) is 70.8 Å². The van der Waals surface area contributed by atoms with Crippen molar-refractivity contribution in [3.63, 3.8) is 0 Å². The number of Topliss-reactive ketones (excluding diaryl/α,β-unsaturated/α-hetero) is 1. The Balaban J connectivity index is 1.78. The minimum Gasteiger partial charge on any atom is -0.307 e. The highest BCUT2D eigenvalue weighted by Crippen LogP contribution is 2.44. The third kappa shape index (κ3) is 3.82. The number of amides is 1. The molecule has 6 heteroatoms. The number of anilines is 1. The summed E-state index contributed by atoms with van der Waals surface area (Å²) in [6.45, 7) is 5.75. The maximum absolute atomic E-state index is 13.6. The van der Waals surface area contributed by atoms with Crippen molar-refractivity contribution < 1.29 is 14.0 Å². The van der Waals surface area contributed by atoms with Gasteiger partial charge in [-0.15, -0.1) is 0 Å². The zero-order valence-electron chi connectivity index (χ0n) is 17.3. The average molecular weight is 405 g/mol. The molecule has 0 radical (unpaired) electrons. The average Bonchev–Trinajstić information content (AvgIpc) is 2.69. The Labute approximate surface area is 175 Å². The van der Waals surface area contributed by atoms with Crippen molar-refractivity contribution in [1.82, 2.24) is 4.98 Å². The molecule has 154 valence electrons. The predicted molar refractivity (Wildman–Crippen MR) is 114 cm³/mol. The Morgan fingerprint density at radius 3 is 2.47 bits per heavy atom. The van der Waals surface area contributed by atoms with Crippen LogP contribution in [0.25, 0.3) is 0 Å². The van der Waals surface area contributed by atoms with Crippen LogP contribution in [0, 0.1) is 24.6 Å². The molecule has 1 aromatic heterocycles. The van der Waals surface area contributed by atoms with Gasteiger partial charge in [-0.2, -0.15) is 0 Å². The molecule has 1 aromatic carbocycles. The molecule has 1 fully saturated rings. The number of aromatic nitrogens is 1. The van der Waals surface area contributed by atoms with Crippen molar-refractivity contribution in [1.29, 1.82) is 0 Å². The number of ketones is 1. The number of carbonyl (C=O) groups excluding carboxylic acids is 2. The Hall–Kier alpha value is -3.15. The number of fused-ring (bicyclic) bond motifs is 1. The molecule has 1 saturated carbocycles. The van der Waals surface area contributed by atoms with Crippen molar-refractivity contribution in [2.75, 3.05) is 5.32 Å². The second-order valence-corrected chi connectivity index (χ2v) is 8.26. The van der Waals surface area contributed by atoms with Crippen LogP contribution in [0.4, 0.5) is 10.2 Å². The summed E-state index contributed by atoms with van der Waals surface area (Å²) in [5.41, 5.74) is 3.55. The second-order valence-electron chi connectivity index (χ2n) is 8.26. The molecule has 0 unspecified atom stereocenters. The Morgan fingerprint density at radius 2 is 1.80 bits per heavy atom. The topological polar surface area (TPSA) is 71.4 Å². The first-order valence-corrected chi connectivity index (χ1v) is 10.1. The molecule has 2 heterocycles. The number of nitrogens with one attached hydrogen (secondary N) is 1. The van der Waals surface area contributed by atoms with Gasteiger partial charge in [-0.3, -0.25) is 14.6 Å². The molecular formula is C24H24FN3O2. The molecular weight excluding hydrogens is 381 g/mol. The predicted octanol–water partition coefficient (Wildman–Crippen LogP) is 4.60.